The fourth-order valence-electron chi connectivity index (χ4n) is 2.01. The number of amidine groups is 1. The van der Waals surface area contributed by atoms with Gasteiger partial charge in [-0.3, -0.25) is 4.79 Å². The van der Waals surface area contributed by atoms with Crippen LogP contribution in [0.15, 0.2) is 58.4 Å². The Morgan fingerprint density at radius 1 is 1.22 bits per heavy atom. The lowest BCUT2D eigenvalue weighted by Gasteiger charge is -1.99. The third-order valence-electron chi connectivity index (χ3n) is 3.12. The summed E-state index contributed by atoms with van der Waals surface area (Å²) in [4.78, 5) is 16.9. The van der Waals surface area contributed by atoms with Crippen LogP contribution < -0.4 is 10.1 Å². The Morgan fingerprint density at radius 3 is 2.70 bits per heavy atom. The molecule has 1 aliphatic rings. The second-order valence-corrected chi connectivity index (χ2v) is 5.81. The van der Waals surface area contributed by atoms with Crippen LogP contribution in [0.1, 0.15) is 5.56 Å². The van der Waals surface area contributed by atoms with Crippen molar-refractivity contribution in [1.82, 2.24) is 5.32 Å². The van der Waals surface area contributed by atoms with Crippen molar-refractivity contribution in [3.63, 3.8) is 0 Å². The molecule has 0 bridgehead atoms. The summed E-state index contributed by atoms with van der Waals surface area (Å²) in [6.45, 7) is 0. The first kappa shape index (κ1) is 15.2. The molecule has 116 valence electrons. The van der Waals surface area contributed by atoms with E-state index in [1.54, 1.807) is 31.4 Å². The zero-order chi connectivity index (χ0) is 16.2. The molecule has 23 heavy (non-hydrogen) atoms. The van der Waals surface area contributed by atoms with Gasteiger partial charge < -0.3 is 15.2 Å². The molecule has 0 aliphatic carbocycles. The summed E-state index contributed by atoms with van der Waals surface area (Å²) < 4.78 is 5.11. The monoisotopic (exact) mass is 326 g/mol. The molecule has 0 spiro atoms. The molecule has 3 rings (SSSR count). The number of methoxy groups -OCH3 is 1. The third kappa shape index (κ3) is 3.73. The van der Waals surface area contributed by atoms with Crippen LogP contribution in [0.2, 0.25) is 0 Å². The Kier molecular flexibility index (Phi) is 4.34. The first-order chi connectivity index (χ1) is 11.1. The van der Waals surface area contributed by atoms with Crippen LogP contribution in [0.25, 0.3) is 6.08 Å². The van der Waals surface area contributed by atoms with Crippen molar-refractivity contribution in [1.29, 1.82) is 0 Å². The Bertz CT molecular complexity index is 798. The average Bonchev–Trinajstić information content (AvgIpc) is 2.87. The highest BCUT2D eigenvalue weighted by atomic mass is 32.2. The fourth-order valence-corrected chi connectivity index (χ4v) is 2.85. The van der Waals surface area contributed by atoms with E-state index in [1.165, 1.54) is 17.8 Å². The van der Waals surface area contributed by atoms with Gasteiger partial charge in [-0.25, -0.2) is 4.99 Å². The van der Waals surface area contributed by atoms with Gasteiger partial charge in [0.1, 0.15) is 11.5 Å². The van der Waals surface area contributed by atoms with Gasteiger partial charge in [-0.05, 0) is 47.7 Å². The van der Waals surface area contributed by atoms with Crippen molar-refractivity contribution in [3.05, 3.63) is 59.0 Å². The summed E-state index contributed by atoms with van der Waals surface area (Å²) in [7, 11) is 1.61. The summed E-state index contributed by atoms with van der Waals surface area (Å²) in [6, 6.07) is 14.0. The van der Waals surface area contributed by atoms with E-state index in [0.717, 1.165) is 11.3 Å². The number of nitrogens with one attached hydrogen (secondary N) is 1. The van der Waals surface area contributed by atoms with E-state index in [0.29, 0.717) is 15.8 Å². The van der Waals surface area contributed by atoms with Gasteiger partial charge in [0.05, 0.1) is 17.7 Å². The van der Waals surface area contributed by atoms with Gasteiger partial charge in [0.15, 0.2) is 5.17 Å². The predicted molar refractivity (Wildman–Crippen MR) is 91.9 cm³/mol. The minimum Gasteiger partial charge on any atom is -0.508 e. The third-order valence-corrected chi connectivity index (χ3v) is 4.03. The molecule has 0 unspecified atom stereocenters. The number of carbonyl (C=O) groups is 1. The number of phenols is 1. The van der Waals surface area contributed by atoms with E-state index in [-0.39, 0.29) is 11.7 Å². The van der Waals surface area contributed by atoms with Crippen LogP contribution in [0.4, 0.5) is 5.69 Å². The average molecular weight is 326 g/mol. The maximum absolute atomic E-state index is 12.0. The molecule has 6 heteroatoms. The van der Waals surface area contributed by atoms with Gasteiger partial charge >= 0.3 is 0 Å². The van der Waals surface area contributed by atoms with Crippen LogP contribution in [-0.4, -0.2) is 23.3 Å². The number of nitrogens with zero attached hydrogens (tertiary/aromatic N) is 1. The molecule has 0 atom stereocenters. The summed E-state index contributed by atoms with van der Waals surface area (Å²) >= 11 is 1.26. The highest BCUT2D eigenvalue weighted by Crippen LogP contribution is 2.29. The number of ether oxygens (including phenoxy) is 1. The molecule has 1 fully saturated rings. The molecule has 2 aromatic rings. The summed E-state index contributed by atoms with van der Waals surface area (Å²) in [6.07, 6.45) is 1.80. The Labute approximate surface area is 137 Å². The zero-order valence-corrected chi connectivity index (χ0v) is 13.1. The highest BCUT2D eigenvalue weighted by molar-refractivity contribution is 8.18. The smallest absolute Gasteiger partial charge is 0.264 e. The minimum atomic E-state index is -0.190. The maximum atomic E-state index is 12.0. The second-order valence-electron chi connectivity index (χ2n) is 4.77. The molecule has 0 aromatic heterocycles. The van der Waals surface area contributed by atoms with Gasteiger partial charge in [0.2, 0.25) is 0 Å². The molecule has 5 nitrogen and oxygen atoms in total. The van der Waals surface area contributed by atoms with Crippen LogP contribution in [0, 0.1) is 0 Å². The van der Waals surface area contributed by atoms with E-state index < -0.39 is 0 Å². The molecular formula is C17H14N2O3S. The van der Waals surface area contributed by atoms with Crippen molar-refractivity contribution in [2.24, 2.45) is 4.99 Å². The molecule has 0 saturated carbocycles. The van der Waals surface area contributed by atoms with E-state index in [1.807, 2.05) is 24.3 Å². The number of hydrogen-bond acceptors (Lipinski definition) is 5. The molecule has 0 radical (unpaired) electrons. The number of aliphatic imine (C=N–C) groups is 1. The zero-order valence-electron chi connectivity index (χ0n) is 12.3. The molecule has 1 heterocycles. The normalized spacial score (nSPS) is 17.5. The predicted octanol–water partition coefficient (Wildman–Crippen LogP) is 3.29. The molecule has 2 N–H and O–H groups in total. The lowest BCUT2D eigenvalue weighted by atomic mass is 10.2. The minimum absolute atomic E-state index is 0.134. The molecule has 2 aromatic carbocycles. The number of aromatic hydroxyl groups is 1. The standard InChI is InChI=1S/C17H14N2O3S/c1-22-14-7-5-11(6-8-14)9-15-16(21)19-17(23-15)18-12-3-2-4-13(20)10-12/h2-10,20H,1H3,(H,18,19,21)/b15-9+. The Hall–Kier alpha value is -2.73. The van der Waals surface area contributed by atoms with Gasteiger partial charge in [-0.2, -0.15) is 0 Å². The fraction of sp³-hybridized carbons (Fsp3) is 0.0588. The van der Waals surface area contributed by atoms with Gasteiger partial charge in [0.25, 0.3) is 5.91 Å². The summed E-state index contributed by atoms with van der Waals surface area (Å²) in [5.74, 6) is 0.710. The molecule has 1 aliphatic heterocycles. The van der Waals surface area contributed by atoms with Gasteiger partial charge in [0, 0.05) is 6.07 Å². The number of rotatable bonds is 3. The largest absolute Gasteiger partial charge is 0.508 e. The van der Waals surface area contributed by atoms with E-state index in [4.69, 9.17) is 4.74 Å². The van der Waals surface area contributed by atoms with E-state index >= 15 is 0 Å². The van der Waals surface area contributed by atoms with Crippen molar-refractivity contribution >= 4 is 34.6 Å². The first-order valence-electron chi connectivity index (χ1n) is 6.87. The van der Waals surface area contributed by atoms with Crippen LogP contribution >= 0.6 is 11.8 Å². The summed E-state index contributed by atoms with van der Waals surface area (Å²) in [5, 5.41) is 12.6. The maximum Gasteiger partial charge on any atom is 0.264 e. The second kappa shape index (κ2) is 6.58. The lowest BCUT2D eigenvalue weighted by molar-refractivity contribution is -0.115. The van der Waals surface area contributed by atoms with Crippen molar-refractivity contribution in [3.8, 4) is 11.5 Å². The van der Waals surface area contributed by atoms with Crippen LogP contribution in [0.3, 0.4) is 0 Å². The Morgan fingerprint density at radius 2 is 2.00 bits per heavy atom. The molecule has 1 saturated heterocycles. The number of thioether (sulfide) groups is 1. The molecule has 1 amide bonds. The van der Waals surface area contributed by atoms with E-state index in [2.05, 4.69) is 10.3 Å². The number of phenolic OH excluding ortho intramolecular Hbond substituents is 1. The van der Waals surface area contributed by atoms with Crippen molar-refractivity contribution < 1.29 is 14.6 Å². The number of benzene rings is 2. The SMILES string of the molecule is COc1ccc(/C=C2/SC(=Nc3cccc(O)c3)NC2=O)cc1. The molecular weight excluding hydrogens is 312 g/mol. The highest BCUT2D eigenvalue weighted by Gasteiger charge is 2.23. The number of hydrogen-bond donors (Lipinski definition) is 2. The number of amides is 1. The first-order valence-corrected chi connectivity index (χ1v) is 7.68. The van der Waals surface area contributed by atoms with E-state index in [9.17, 15) is 9.90 Å². The number of carbonyl (C=O) groups excluding carboxylic acids is 1. The van der Waals surface area contributed by atoms with Gasteiger partial charge in [-0.15, -0.1) is 0 Å². The van der Waals surface area contributed by atoms with Crippen LogP contribution in [0.5, 0.6) is 11.5 Å². The quantitative estimate of drug-likeness (QED) is 0.849. The lowest BCUT2D eigenvalue weighted by Crippen LogP contribution is -2.19. The topological polar surface area (TPSA) is 70.9 Å². The van der Waals surface area contributed by atoms with Crippen molar-refractivity contribution in [2.75, 3.05) is 7.11 Å². The van der Waals surface area contributed by atoms with Crippen LogP contribution in [-0.2, 0) is 4.79 Å². The van der Waals surface area contributed by atoms with Crippen molar-refractivity contribution in [2.45, 2.75) is 0 Å². The Balaban J connectivity index is 1.80. The van der Waals surface area contributed by atoms with Gasteiger partial charge in [-0.1, -0.05) is 18.2 Å². The summed E-state index contributed by atoms with van der Waals surface area (Å²) in [5.41, 5.74) is 1.49.